The van der Waals surface area contributed by atoms with Crippen LogP contribution in [0.5, 0.6) is 0 Å². The molecule has 2 aromatic heterocycles. The Morgan fingerprint density at radius 2 is 2.00 bits per heavy atom. The lowest BCUT2D eigenvalue weighted by Crippen LogP contribution is -2.32. The second-order valence-corrected chi connectivity index (χ2v) is 5.44. The molecule has 0 saturated carbocycles. The molecule has 0 spiro atoms. The van der Waals surface area contributed by atoms with Crippen molar-refractivity contribution < 1.29 is 0 Å². The summed E-state index contributed by atoms with van der Waals surface area (Å²) in [7, 11) is 0. The fourth-order valence-electron chi connectivity index (χ4n) is 2.58. The molecule has 0 atom stereocenters. The first-order valence-electron chi connectivity index (χ1n) is 7.59. The Balaban J connectivity index is 1.53. The Labute approximate surface area is 129 Å². The largest absolute Gasteiger partial charge is 0.336 e. The molecule has 0 amide bonds. The van der Waals surface area contributed by atoms with Crippen molar-refractivity contribution in [2.45, 2.75) is 25.8 Å². The average molecular weight is 297 g/mol. The van der Waals surface area contributed by atoms with Crippen molar-refractivity contribution in [3.63, 3.8) is 0 Å². The van der Waals surface area contributed by atoms with Crippen molar-refractivity contribution in [1.82, 2.24) is 24.9 Å². The minimum Gasteiger partial charge on any atom is -0.336 e. The molecule has 0 aromatic carbocycles. The molecule has 1 N–H and O–H groups in total. The molecule has 0 radical (unpaired) electrons. The Hall–Kier alpha value is -2.46. The first kappa shape index (κ1) is 14.5. The third kappa shape index (κ3) is 3.80. The molecule has 22 heavy (non-hydrogen) atoms. The lowest BCUT2D eigenvalue weighted by molar-refractivity contribution is 0.218. The Morgan fingerprint density at radius 3 is 2.73 bits per heavy atom. The van der Waals surface area contributed by atoms with Crippen molar-refractivity contribution >= 4 is 11.5 Å². The Morgan fingerprint density at radius 1 is 1.14 bits per heavy atom. The smallest absolute Gasteiger partial charge is 0.163 e. The molecular formula is C15H19N7. The van der Waals surface area contributed by atoms with Crippen LogP contribution in [0.1, 0.15) is 25.0 Å². The van der Waals surface area contributed by atoms with Gasteiger partial charge in [-0.1, -0.05) is 6.42 Å². The lowest BCUT2D eigenvalue weighted by atomic mass is 10.1. The Bertz CT molecular complexity index is 635. The van der Waals surface area contributed by atoms with Crippen LogP contribution in [0, 0.1) is 11.3 Å². The van der Waals surface area contributed by atoms with E-state index in [2.05, 4.69) is 25.5 Å². The molecule has 3 rings (SSSR count). The zero-order valence-electron chi connectivity index (χ0n) is 12.4. The van der Waals surface area contributed by atoms with Gasteiger partial charge < -0.3 is 10.2 Å². The maximum absolute atomic E-state index is 8.70. The summed E-state index contributed by atoms with van der Waals surface area (Å²) in [5.74, 6) is 0.606. The number of piperidine rings is 1. The minimum atomic E-state index is 0.308. The van der Waals surface area contributed by atoms with Gasteiger partial charge in [-0.15, -0.1) is 10.2 Å². The number of hydrogen-bond acceptors (Lipinski definition) is 6. The van der Waals surface area contributed by atoms with Gasteiger partial charge in [0.2, 0.25) is 0 Å². The van der Waals surface area contributed by atoms with Gasteiger partial charge in [-0.05, 0) is 38.1 Å². The maximum atomic E-state index is 8.70. The number of aromatic nitrogens is 4. The predicted molar refractivity (Wildman–Crippen MR) is 82.5 cm³/mol. The van der Waals surface area contributed by atoms with Crippen molar-refractivity contribution in [3.8, 4) is 6.07 Å². The van der Waals surface area contributed by atoms with Crippen LogP contribution in [0.4, 0.5) is 11.5 Å². The van der Waals surface area contributed by atoms with E-state index in [9.17, 15) is 0 Å². The highest BCUT2D eigenvalue weighted by atomic mass is 15.3. The van der Waals surface area contributed by atoms with Crippen molar-refractivity contribution in [3.05, 3.63) is 30.2 Å². The van der Waals surface area contributed by atoms with E-state index in [-0.39, 0.29) is 0 Å². The van der Waals surface area contributed by atoms with Crippen LogP contribution in [0.25, 0.3) is 0 Å². The van der Waals surface area contributed by atoms with Gasteiger partial charge in [0.15, 0.2) is 11.5 Å². The molecule has 0 aliphatic carbocycles. The average Bonchev–Trinajstić information content (AvgIpc) is 3.02. The van der Waals surface area contributed by atoms with Gasteiger partial charge in [-0.25, -0.2) is 0 Å². The summed E-state index contributed by atoms with van der Waals surface area (Å²) in [6.45, 7) is 4.33. The Kier molecular flexibility index (Phi) is 4.61. The fourth-order valence-corrected chi connectivity index (χ4v) is 2.58. The summed E-state index contributed by atoms with van der Waals surface area (Å²) >= 11 is 0. The summed E-state index contributed by atoms with van der Waals surface area (Å²) in [6, 6.07) is 5.32. The van der Waals surface area contributed by atoms with Crippen molar-refractivity contribution in [1.29, 1.82) is 5.26 Å². The second kappa shape index (κ2) is 7.00. The van der Waals surface area contributed by atoms with Crippen LogP contribution in [0.2, 0.25) is 0 Å². The zero-order valence-corrected chi connectivity index (χ0v) is 12.4. The number of nitrogens with one attached hydrogen (secondary N) is 1. The van der Waals surface area contributed by atoms with Crippen molar-refractivity contribution in [2.24, 2.45) is 0 Å². The van der Waals surface area contributed by atoms with Crippen LogP contribution < -0.4 is 5.32 Å². The molecule has 1 fully saturated rings. The fraction of sp³-hybridized carbons (Fsp3) is 0.467. The van der Waals surface area contributed by atoms with Crippen molar-refractivity contribution in [2.75, 3.05) is 25.0 Å². The van der Waals surface area contributed by atoms with E-state index < -0.39 is 0 Å². The standard InChI is InChI=1S/C15H19N7/c16-10-13-4-5-15(20-19-13)18-14-11-17-22(12-14)9-8-21-6-2-1-3-7-21/h4-5,11-12H,1-3,6-9H2,(H,18,20). The third-order valence-electron chi connectivity index (χ3n) is 3.78. The van der Waals surface area contributed by atoms with E-state index in [0.29, 0.717) is 11.5 Å². The van der Waals surface area contributed by atoms with E-state index in [0.717, 1.165) is 18.8 Å². The number of nitrogens with zero attached hydrogens (tertiary/aromatic N) is 6. The number of anilines is 2. The first-order valence-corrected chi connectivity index (χ1v) is 7.59. The summed E-state index contributed by atoms with van der Waals surface area (Å²) in [5.41, 5.74) is 1.18. The van der Waals surface area contributed by atoms with Gasteiger partial charge in [0.1, 0.15) is 6.07 Å². The van der Waals surface area contributed by atoms with E-state index in [1.165, 1.54) is 32.4 Å². The van der Waals surface area contributed by atoms with Gasteiger partial charge in [0.05, 0.1) is 18.4 Å². The highest BCUT2D eigenvalue weighted by molar-refractivity contribution is 5.53. The molecule has 7 heteroatoms. The topological polar surface area (TPSA) is 82.7 Å². The van der Waals surface area contributed by atoms with E-state index in [1.807, 2.05) is 16.9 Å². The van der Waals surface area contributed by atoms with E-state index in [1.54, 1.807) is 18.3 Å². The first-order chi connectivity index (χ1) is 10.8. The zero-order chi connectivity index (χ0) is 15.2. The van der Waals surface area contributed by atoms with E-state index >= 15 is 0 Å². The normalized spacial score (nSPS) is 15.4. The monoisotopic (exact) mass is 297 g/mol. The summed E-state index contributed by atoms with van der Waals surface area (Å²) in [6.07, 6.45) is 7.71. The molecule has 114 valence electrons. The number of nitriles is 1. The summed E-state index contributed by atoms with van der Waals surface area (Å²) < 4.78 is 1.94. The third-order valence-corrected chi connectivity index (χ3v) is 3.78. The summed E-state index contributed by atoms with van der Waals surface area (Å²) in [5, 5.41) is 23.9. The maximum Gasteiger partial charge on any atom is 0.163 e. The minimum absolute atomic E-state index is 0.308. The second-order valence-electron chi connectivity index (χ2n) is 5.44. The van der Waals surface area contributed by atoms with Gasteiger partial charge in [-0.2, -0.15) is 10.4 Å². The van der Waals surface area contributed by atoms with Gasteiger partial charge >= 0.3 is 0 Å². The molecule has 7 nitrogen and oxygen atoms in total. The number of rotatable bonds is 5. The van der Waals surface area contributed by atoms with Crippen LogP contribution in [-0.4, -0.2) is 44.5 Å². The molecule has 3 heterocycles. The molecular weight excluding hydrogens is 278 g/mol. The van der Waals surface area contributed by atoms with Gasteiger partial charge in [0.25, 0.3) is 0 Å². The molecule has 0 unspecified atom stereocenters. The molecule has 1 aliphatic heterocycles. The van der Waals surface area contributed by atoms with E-state index in [4.69, 9.17) is 5.26 Å². The van der Waals surface area contributed by atoms with Gasteiger partial charge in [-0.3, -0.25) is 4.68 Å². The molecule has 1 saturated heterocycles. The SMILES string of the molecule is N#Cc1ccc(Nc2cnn(CCN3CCCCC3)c2)nn1. The number of hydrogen-bond donors (Lipinski definition) is 1. The van der Waals surface area contributed by atoms with Gasteiger partial charge in [0, 0.05) is 12.7 Å². The summed E-state index contributed by atoms with van der Waals surface area (Å²) in [4.78, 5) is 2.49. The van der Waals surface area contributed by atoms with Crippen LogP contribution in [-0.2, 0) is 6.54 Å². The predicted octanol–water partition coefficient (Wildman–Crippen LogP) is 1.77. The van der Waals surface area contributed by atoms with Crippen LogP contribution in [0.3, 0.4) is 0 Å². The number of likely N-dealkylation sites (tertiary alicyclic amines) is 1. The molecule has 0 bridgehead atoms. The molecule has 1 aliphatic rings. The van der Waals surface area contributed by atoms with Crippen LogP contribution >= 0.6 is 0 Å². The quantitative estimate of drug-likeness (QED) is 0.905. The highest BCUT2D eigenvalue weighted by Gasteiger charge is 2.10. The molecule has 2 aromatic rings. The lowest BCUT2D eigenvalue weighted by Gasteiger charge is -2.26. The van der Waals surface area contributed by atoms with Crippen LogP contribution in [0.15, 0.2) is 24.5 Å². The highest BCUT2D eigenvalue weighted by Crippen LogP contribution is 2.13.